The first-order valence-corrected chi connectivity index (χ1v) is 9.03. The van der Waals surface area contributed by atoms with E-state index in [-0.39, 0.29) is 7.05 Å². The highest BCUT2D eigenvalue weighted by atomic mass is 32.2. The van der Waals surface area contributed by atoms with Gasteiger partial charge in [-0.25, -0.2) is 4.79 Å². The number of carboxylic acids is 1. The van der Waals surface area contributed by atoms with Crippen LogP contribution in [0.4, 0.5) is 57.1 Å². The van der Waals surface area contributed by atoms with Crippen LogP contribution in [0.5, 0.6) is 0 Å². The second kappa shape index (κ2) is 8.12. The lowest BCUT2D eigenvalue weighted by atomic mass is 9.98. The zero-order chi connectivity index (χ0) is 26.5. The van der Waals surface area contributed by atoms with E-state index in [4.69, 9.17) is 5.11 Å². The van der Waals surface area contributed by atoms with Gasteiger partial charge in [-0.2, -0.15) is 65.5 Å². The molecule has 0 spiro atoms. The molecular weight excluding hydrogens is 513 g/mol. The molecule has 5 nitrogen and oxygen atoms in total. The molecule has 0 aromatic carbocycles. The molecule has 0 aliphatic rings. The summed E-state index contributed by atoms with van der Waals surface area (Å²) in [7, 11) is -7.41. The van der Waals surface area contributed by atoms with Crippen molar-refractivity contribution < 1.29 is 75.4 Å². The van der Waals surface area contributed by atoms with Crippen molar-refractivity contribution in [2.75, 3.05) is 7.05 Å². The number of halogens is 13. The van der Waals surface area contributed by atoms with E-state index in [2.05, 4.69) is 0 Å². The molecule has 190 valence electrons. The zero-order valence-corrected chi connectivity index (χ0v) is 16.5. The van der Waals surface area contributed by atoms with Crippen LogP contribution in [0.1, 0.15) is 20.3 Å². The van der Waals surface area contributed by atoms with Crippen molar-refractivity contribution in [3.63, 3.8) is 0 Å². The standard InChI is InChI=1S/C13H12F13NO4S/c1-4-6(5(2)7(28)29)27(3)32(30,31)13(25,26)11(20,21)9(16,17)8(14,15)10(18,19)12(22,23)24/h4H2,1-3H3,(H,28,29). The number of allylic oxidation sites excluding steroid dienone is 1. The van der Waals surface area contributed by atoms with Crippen molar-refractivity contribution in [1.29, 1.82) is 0 Å². The second-order valence-electron chi connectivity index (χ2n) is 6.02. The number of hydrogen-bond acceptors (Lipinski definition) is 3. The van der Waals surface area contributed by atoms with Gasteiger partial charge in [0.15, 0.2) is 0 Å². The van der Waals surface area contributed by atoms with E-state index >= 15 is 0 Å². The Kier molecular flexibility index (Phi) is 7.63. The van der Waals surface area contributed by atoms with Gasteiger partial charge >= 0.3 is 51.1 Å². The lowest BCUT2D eigenvalue weighted by molar-refractivity contribution is -0.433. The predicted octanol–water partition coefficient (Wildman–Crippen LogP) is 4.71. The third-order valence-corrected chi connectivity index (χ3v) is 5.90. The molecule has 0 saturated carbocycles. The molecule has 0 aromatic rings. The highest BCUT2D eigenvalue weighted by molar-refractivity contribution is 7.90. The molecular formula is C13H12F13NO4S. The topological polar surface area (TPSA) is 74.7 Å². The minimum atomic E-state index is -8.30. The number of carbonyl (C=O) groups is 1. The minimum absolute atomic E-state index is 0.0921. The molecule has 0 amide bonds. The van der Waals surface area contributed by atoms with E-state index in [1.165, 1.54) is 0 Å². The highest BCUT2D eigenvalue weighted by Gasteiger charge is 2.92. The van der Waals surface area contributed by atoms with E-state index < -0.39 is 73.1 Å². The van der Waals surface area contributed by atoms with E-state index in [0.29, 0.717) is 6.92 Å². The van der Waals surface area contributed by atoms with Gasteiger partial charge in [-0.1, -0.05) is 6.92 Å². The number of sulfonamides is 1. The maximum atomic E-state index is 14.0. The average Bonchev–Trinajstić information content (AvgIpc) is 2.59. The SMILES string of the molecule is CCC(=C(C)C(=O)O)N(C)S(=O)(=O)C(F)(F)C(F)(F)C(F)(F)C(F)(F)C(F)(F)C(F)(F)F. The summed E-state index contributed by atoms with van der Waals surface area (Å²) in [5.74, 6) is -34.7. The molecule has 0 aliphatic heterocycles. The average molecular weight is 525 g/mol. The van der Waals surface area contributed by atoms with Crippen molar-refractivity contribution in [2.45, 2.75) is 55.4 Å². The number of carboxylic acid groups (broad SMARTS) is 1. The Labute approximate surface area is 170 Å². The summed E-state index contributed by atoms with van der Waals surface area (Å²) < 4.78 is 193. The summed E-state index contributed by atoms with van der Waals surface area (Å²) >= 11 is 0. The zero-order valence-electron chi connectivity index (χ0n) is 15.6. The lowest BCUT2D eigenvalue weighted by Crippen LogP contribution is -2.71. The molecule has 0 radical (unpaired) electrons. The van der Waals surface area contributed by atoms with Crippen LogP contribution in [0.15, 0.2) is 11.3 Å². The molecule has 1 N–H and O–H groups in total. The molecule has 0 bridgehead atoms. The van der Waals surface area contributed by atoms with Crippen LogP contribution in [0.25, 0.3) is 0 Å². The third kappa shape index (κ3) is 3.95. The van der Waals surface area contributed by atoms with Crippen LogP contribution < -0.4 is 0 Å². The van der Waals surface area contributed by atoms with Crippen LogP contribution in [-0.2, 0) is 14.8 Å². The smallest absolute Gasteiger partial charge is 0.460 e. The predicted molar refractivity (Wildman–Crippen MR) is 78.1 cm³/mol. The van der Waals surface area contributed by atoms with Crippen LogP contribution in [0.2, 0.25) is 0 Å². The summed E-state index contributed by atoms with van der Waals surface area (Å²) in [6.45, 7) is 1.40. The Hall–Kier alpha value is -1.95. The van der Waals surface area contributed by atoms with Crippen molar-refractivity contribution >= 4 is 16.0 Å². The Morgan fingerprint density at radius 3 is 1.41 bits per heavy atom. The second-order valence-corrected chi connectivity index (χ2v) is 8.03. The quantitative estimate of drug-likeness (QED) is 0.350. The summed E-state index contributed by atoms with van der Waals surface area (Å²) in [5.41, 5.74) is -2.39. The van der Waals surface area contributed by atoms with Crippen LogP contribution in [-0.4, -0.2) is 66.0 Å². The maximum absolute atomic E-state index is 14.0. The first-order valence-electron chi connectivity index (χ1n) is 7.59. The van der Waals surface area contributed by atoms with Gasteiger partial charge in [0.1, 0.15) is 0 Å². The molecule has 19 heteroatoms. The maximum Gasteiger partial charge on any atom is 0.460 e. The van der Waals surface area contributed by atoms with Crippen LogP contribution in [0.3, 0.4) is 0 Å². The van der Waals surface area contributed by atoms with E-state index in [1.807, 2.05) is 0 Å². The molecule has 0 atom stereocenters. The van der Waals surface area contributed by atoms with E-state index in [9.17, 15) is 70.3 Å². The molecule has 0 fully saturated rings. The third-order valence-electron chi connectivity index (χ3n) is 4.06. The lowest BCUT2D eigenvalue weighted by Gasteiger charge is -2.40. The van der Waals surface area contributed by atoms with Gasteiger partial charge in [-0.3, -0.25) is 4.31 Å². The number of alkyl halides is 13. The van der Waals surface area contributed by atoms with Crippen LogP contribution >= 0.6 is 0 Å². The van der Waals surface area contributed by atoms with Gasteiger partial charge in [0.2, 0.25) is 0 Å². The Balaban J connectivity index is 6.93. The van der Waals surface area contributed by atoms with Crippen molar-refractivity contribution in [3.8, 4) is 0 Å². The summed E-state index contributed by atoms with van der Waals surface area (Å²) in [6.07, 6.45) is -8.51. The summed E-state index contributed by atoms with van der Waals surface area (Å²) in [4.78, 5) is 10.8. The molecule has 0 heterocycles. The van der Waals surface area contributed by atoms with Crippen molar-refractivity contribution in [1.82, 2.24) is 4.31 Å². The van der Waals surface area contributed by atoms with Gasteiger partial charge in [0, 0.05) is 12.7 Å². The van der Waals surface area contributed by atoms with E-state index in [1.54, 1.807) is 0 Å². The number of aliphatic carboxylic acids is 1. The number of hydrogen-bond donors (Lipinski definition) is 1. The molecule has 32 heavy (non-hydrogen) atoms. The molecule has 0 aromatic heterocycles. The van der Waals surface area contributed by atoms with E-state index in [0.717, 1.165) is 6.92 Å². The fraction of sp³-hybridized carbons (Fsp3) is 0.769. The number of nitrogens with zero attached hydrogens (tertiary/aromatic N) is 1. The molecule has 0 rings (SSSR count). The van der Waals surface area contributed by atoms with Gasteiger partial charge in [0.25, 0.3) is 0 Å². The van der Waals surface area contributed by atoms with Crippen LogP contribution in [0, 0.1) is 0 Å². The Morgan fingerprint density at radius 1 is 0.781 bits per heavy atom. The fourth-order valence-electron chi connectivity index (χ4n) is 2.08. The molecule has 0 aliphatic carbocycles. The first kappa shape index (κ1) is 30.0. The molecule has 0 saturated heterocycles. The fourth-order valence-corrected chi connectivity index (χ4v) is 3.43. The summed E-state index contributed by atoms with van der Waals surface area (Å²) in [6, 6.07) is 0. The van der Waals surface area contributed by atoms with Crippen molar-refractivity contribution in [3.05, 3.63) is 11.3 Å². The Bertz CT molecular complexity index is 877. The first-order chi connectivity index (χ1) is 13.7. The van der Waals surface area contributed by atoms with Gasteiger partial charge in [-0.05, 0) is 13.3 Å². The Morgan fingerprint density at radius 2 is 1.12 bits per heavy atom. The largest absolute Gasteiger partial charge is 0.478 e. The highest BCUT2D eigenvalue weighted by Crippen LogP contribution is 2.61. The van der Waals surface area contributed by atoms with Gasteiger partial charge in [0.05, 0.1) is 5.57 Å². The van der Waals surface area contributed by atoms with Gasteiger partial charge < -0.3 is 5.11 Å². The molecule has 0 unspecified atom stereocenters. The van der Waals surface area contributed by atoms with Gasteiger partial charge in [-0.15, -0.1) is 0 Å². The summed E-state index contributed by atoms with van der Waals surface area (Å²) in [5, 5.41) is 1.30. The number of rotatable bonds is 9. The minimum Gasteiger partial charge on any atom is -0.478 e. The monoisotopic (exact) mass is 525 g/mol. The van der Waals surface area contributed by atoms with Crippen molar-refractivity contribution in [2.24, 2.45) is 0 Å². The normalized spacial score (nSPS) is 16.0.